The second-order valence-corrected chi connectivity index (χ2v) is 8.15. The molecule has 0 amide bonds. The van der Waals surface area contributed by atoms with E-state index in [0.717, 1.165) is 25.7 Å². The molecule has 1 unspecified atom stereocenters. The van der Waals surface area contributed by atoms with Gasteiger partial charge in [-0.1, -0.05) is 83.9 Å². The molecular formula is C22H43NO6. The first-order valence-electron chi connectivity index (χ1n) is 12.1. The van der Waals surface area contributed by atoms with Crippen molar-refractivity contribution in [3.8, 4) is 0 Å². The minimum atomic E-state index is -1.40. The Balaban J connectivity index is 1.91. The Bertz CT molecular complexity index is 442. The van der Waals surface area contributed by atoms with Gasteiger partial charge in [-0.15, -0.1) is 0 Å². The second kappa shape index (κ2) is 16.0. The Morgan fingerprint density at radius 1 is 0.897 bits per heavy atom. The fourth-order valence-electron chi connectivity index (χ4n) is 3.57. The van der Waals surface area contributed by atoms with Crippen LogP contribution in [0.2, 0.25) is 0 Å². The molecule has 0 aromatic carbocycles. The molecule has 0 radical (unpaired) electrons. The van der Waals surface area contributed by atoms with Crippen LogP contribution in [0.4, 0.5) is 0 Å². The molecule has 29 heavy (non-hydrogen) atoms. The van der Waals surface area contributed by atoms with Crippen molar-refractivity contribution < 1.29 is 31.0 Å². The molecule has 7 heteroatoms. The van der Waals surface area contributed by atoms with Crippen LogP contribution in [0, 0.1) is 0 Å². The minimum absolute atomic E-state index is 0.217. The van der Waals surface area contributed by atoms with E-state index in [2.05, 4.69) is 0 Å². The first-order chi connectivity index (χ1) is 14.5. The predicted molar refractivity (Wildman–Crippen MR) is 112 cm³/mol. The zero-order valence-corrected chi connectivity index (χ0v) is 17.8. The van der Waals surface area contributed by atoms with Gasteiger partial charge in [0.1, 0.15) is 24.9 Å². The number of unbranched alkanes of at least 4 members (excludes halogenated alkanes) is 12. The van der Waals surface area contributed by atoms with Crippen molar-refractivity contribution in [2.24, 2.45) is 5.73 Å². The topological polar surface area (TPSA) is 122 Å². The molecule has 1 rings (SSSR count). The third-order valence-corrected chi connectivity index (χ3v) is 5.56. The Kier molecular flexibility index (Phi) is 13.6. The van der Waals surface area contributed by atoms with Crippen LogP contribution < -0.4 is 5.73 Å². The fourth-order valence-corrected chi connectivity index (χ4v) is 3.57. The third-order valence-electron chi connectivity index (χ3n) is 5.56. The molecular weight excluding hydrogens is 374 g/mol. The summed E-state index contributed by atoms with van der Waals surface area (Å²) in [5.74, 6) is -0.368. The SMILES string of the molecule is [2H]CCCCCCCCCCCCCCCC(=O)OC[C@H]1OC(O)[C@H](N)[C@@H](O)[C@@H]1O. The van der Waals surface area contributed by atoms with Crippen molar-refractivity contribution in [2.75, 3.05) is 6.61 Å². The van der Waals surface area contributed by atoms with Crippen LogP contribution in [-0.2, 0) is 14.3 Å². The van der Waals surface area contributed by atoms with Crippen molar-refractivity contribution in [1.82, 2.24) is 0 Å². The van der Waals surface area contributed by atoms with Crippen LogP contribution in [0.15, 0.2) is 0 Å². The lowest BCUT2D eigenvalue weighted by molar-refractivity contribution is -0.251. The molecule has 172 valence electrons. The summed E-state index contributed by atoms with van der Waals surface area (Å²) in [7, 11) is 0. The van der Waals surface area contributed by atoms with Crippen LogP contribution in [-0.4, -0.2) is 58.5 Å². The van der Waals surface area contributed by atoms with E-state index in [-0.39, 0.29) is 12.6 Å². The quantitative estimate of drug-likeness (QED) is 0.224. The van der Waals surface area contributed by atoms with Gasteiger partial charge in [-0.3, -0.25) is 4.79 Å². The standard InChI is InChI=1S/C22H43NO6/c1-2-3-4-5-6-7-8-9-10-11-12-13-14-15-18(24)28-16-17-20(25)21(26)19(23)22(27)29-17/h17,19-22,25-27H,2-16,23H2,1H3/t17-,19-,20-,21-,22?/m1/s1/i1D. The van der Waals surface area contributed by atoms with Gasteiger partial charge in [0.2, 0.25) is 0 Å². The van der Waals surface area contributed by atoms with Crippen LogP contribution in [0.5, 0.6) is 0 Å². The number of esters is 1. The van der Waals surface area contributed by atoms with Gasteiger partial charge in [-0.05, 0) is 6.42 Å². The number of nitrogens with two attached hydrogens (primary N) is 1. The Labute approximate surface area is 177 Å². The smallest absolute Gasteiger partial charge is 0.305 e. The lowest BCUT2D eigenvalue weighted by Crippen LogP contribution is -2.62. The number of aliphatic hydroxyl groups is 3. The highest BCUT2D eigenvalue weighted by molar-refractivity contribution is 5.69. The van der Waals surface area contributed by atoms with Gasteiger partial charge in [0.05, 0.1) is 6.04 Å². The molecule has 0 aliphatic carbocycles. The van der Waals surface area contributed by atoms with E-state index in [1.54, 1.807) is 0 Å². The molecule has 1 fully saturated rings. The summed E-state index contributed by atoms with van der Waals surface area (Å²) in [6, 6.07) is -1.09. The molecule has 5 N–H and O–H groups in total. The van der Waals surface area contributed by atoms with Crippen molar-refractivity contribution in [2.45, 2.75) is 127 Å². The average molecular weight is 419 g/mol. The van der Waals surface area contributed by atoms with Gasteiger partial charge in [0, 0.05) is 7.79 Å². The molecule has 5 atom stereocenters. The highest BCUT2D eigenvalue weighted by Crippen LogP contribution is 2.19. The molecule has 1 aliphatic rings. The summed E-state index contributed by atoms with van der Waals surface area (Å²) in [6.45, 7) is 0.345. The minimum Gasteiger partial charge on any atom is -0.463 e. The maximum atomic E-state index is 11.8. The van der Waals surface area contributed by atoms with E-state index in [4.69, 9.17) is 16.6 Å². The van der Waals surface area contributed by atoms with E-state index in [1.165, 1.54) is 57.8 Å². The van der Waals surface area contributed by atoms with E-state index >= 15 is 0 Å². The molecule has 1 heterocycles. The first-order valence-corrected chi connectivity index (χ1v) is 11.4. The maximum Gasteiger partial charge on any atom is 0.305 e. The van der Waals surface area contributed by atoms with Crippen molar-refractivity contribution in [3.63, 3.8) is 0 Å². The molecule has 0 aromatic rings. The highest BCUT2D eigenvalue weighted by Gasteiger charge is 2.42. The molecule has 1 aliphatic heterocycles. The zero-order chi connectivity index (χ0) is 22.2. The van der Waals surface area contributed by atoms with E-state index in [1.807, 2.05) is 0 Å². The van der Waals surface area contributed by atoms with Gasteiger partial charge < -0.3 is 30.5 Å². The number of carbonyl (C=O) groups is 1. The van der Waals surface area contributed by atoms with Gasteiger partial charge in [0.15, 0.2) is 6.29 Å². The average Bonchev–Trinajstić information content (AvgIpc) is 2.74. The van der Waals surface area contributed by atoms with E-state index < -0.39 is 30.6 Å². The van der Waals surface area contributed by atoms with Crippen molar-refractivity contribution in [1.29, 1.82) is 0 Å². The third kappa shape index (κ3) is 11.3. The Morgan fingerprint density at radius 3 is 1.97 bits per heavy atom. The van der Waals surface area contributed by atoms with Crippen LogP contribution in [0.1, 0.15) is 98.2 Å². The molecule has 7 nitrogen and oxygen atoms in total. The van der Waals surface area contributed by atoms with Crippen LogP contribution in [0.3, 0.4) is 0 Å². The predicted octanol–water partition coefficient (Wildman–Crippen LogP) is 2.78. The first kappa shape index (κ1) is 24.5. The van der Waals surface area contributed by atoms with Gasteiger partial charge >= 0.3 is 5.97 Å². The van der Waals surface area contributed by atoms with Crippen LogP contribution in [0.25, 0.3) is 0 Å². The summed E-state index contributed by atoms with van der Waals surface area (Å²) < 4.78 is 17.3. The number of ether oxygens (including phenoxy) is 2. The summed E-state index contributed by atoms with van der Waals surface area (Å²) in [5, 5.41) is 29.2. The maximum absolute atomic E-state index is 11.8. The van der Waals surface area contributed by atoms with E-state index in [0.29, 0.717) is 13.3 Å². The normalized spacial score (nSPS) is 27.6. The zero-order valence-electron chi connectivity index (χ0n) is 18.8. The number of hydrogen-bond acceptors (Lipinski definition) is 7. The van der Waals surface area contributed by atoms with Crippen molar-refractivity contribution in [3.05, 3.63) is 0 Å². The lowest BCUT2D eigenvalue weighted by Gasteiger charge is -2.38. The number of hydrogen-bond donors (Lipinski definition) is 4. The fraction of sp³-hybridized carbons (Fsp3) is 0.955. The Morgan fingerprint density at radius 2 is 1.41 bits per heavy atom. The number of carbonyl (C=O) groups excluding carboxylic acids is 1. The van der Waals surface area contributed by atoms with E-state index in [9.17, 15) is 20.1 Å². The summed E-state index contributed by atoms with van der Waals surface area (Å²) in [4.78, 5) is 11.8. The molecule has 0 spiro atoms. The molecule has 0 aromatic heterocycles. The number of aliphatic hydroxyl groups excluding tert-OH is 3. The number of rotatable bonds is 16. The lowest BCUT2D eigenvalue weighted by atomic mass is 9.98. The molecule has 1 saturated heterocycles. The second-order valence-electron chi connectivity index (χ2n) is 8.15. The monoisotopic (exact) mass is 418 g/mol. The largest absolute Gasteiger partial charge is 0.463 e. The van der Waals surface area contributed by atoms with Gasteiger partial charge in [-0.2, -0.15) is 0 Å². The van der Waals surface area contributed by atoms with Crippen LogP contribution >= 0.6 is 0 Å². The summed E-state index contributed by atoms with van der Waals surface area (Å²) in [6.07, 6.45) is 10.6. The highest BCUT2D eigenvalue weighted by atomic mass is 16.6. The summed E-state index contributed by atoms with van der Waals surface area (Å²) in [5.41, 5.74) is 5.50. The van der Waals surface area contributed by atoms with Gasteiger partial charge in [-0.25, -0.2) is 0 Å². The Hall–Kier alpha value is -0.730. The summed E-state index contributed by atoms with van der Waals surface area (Å²) >= 11 is 0. The molecule has 0 saturated carbocycles. The molecule has 0 bridgehead atoms. The van der Waals surface area contributed by atoms with Crippen molar-refractivity contribution >= 4 is 5.97 Å². The van der Waals surface area contributed by atoms with Gasteiger partial charge in [0.25, 0.3) is 0 Å².